The van der Waals surface area contributed by atoms with E-state index >= 15 is 0 Å². The molecule has 0 unspecified atom stereocenters. The molecule has 0 aliphatic heterocycles. The van der Waals surface area contributed by atoms with Gasteiger partial charge in [-0.25, -0.2) is 4.98 Å². The molecule has 2 heterocycles. The largest absolute Gasteiger partial charge is 0.493 e. The second kappa shape index (κ2) is 13.5. The molecule has 0 saturated carbocycles. The van der Waals surface area contributed by atoms with Crippen LogP contribution in [-0.4, -0.2) is 57.0 Å². The van der Waals surface area contributed by atoms with E-state index < -0.39 is 0 Å². The normalized spacial score (nSPS) is 10.6. The van der Waals surface area contributed by atoms with Gasteiger partial charge >= 0.3 is 5.88 Å². The summed E-state index contributed by atoms with van der Waals surface area (Å²) in [5.41, 5.74) is 3.07. The number of anilines is 1. The zero-order chi connectivity index (χ0) is 28.5. The van der Waals surface area contributed by atoms with Crippen molar-refractivity contribution in [1.29, 1.82) is 5.26 Å². The molecular weight excluding hydrogens is 534 g/mol. The van der Waals surface area contributed by atoms with Crippen molar-refractivity contribution in [2.24, 2.45) is 0 Å². The van der Waals surface area contributed by atoms with Gasteiger partial charge in [-0.2, -0.15) is 5.26 Å². The molecule has 0 bridgehead atoms. The number of hydrogen-bond donors (Lipinski definition) is 1. The molecule has 0 fully saturated rings. The van der Waals surface area contributed by atoms with Crippen molar-refractivity contribution < 1.29 is 32.9 Å². The lowest BCUT2D eigenvalue weighted by atomic mass is 9.98. The molecule has 4 aromatic rings. The van der Waals surface area contributed by atoms with Gasteiger partial charge in [-0.3, -0.25) is 14.6 Å². The van der Waals surface area contributed by atoms with Gasteiger partial charge in [0, 0.05) is 18.2 Å². The highest BCUT2D eigenvalue weighted by Gasteiger charge is 2.21. The van der Waals surface area contributed by atoms with Crippen molar-refractivity contribution in [1.82, 2.24) is 10.3 Å². The molecule has 4 rings (SSSR count). The van der Waals surface area contributed by atoms with Crippen LogP contribution in [0.5, 0.6) is 17.2 Å². The molecule has 0 aliphatic rings. The first-order valence-electron chi connectivity index (χ1n) is 12.1. The van der Waals surface area contributed by atoms with E-state index in [0.717, 1.165) is 17.3 Å². The first-order chi connectivity index (χ1) is 19.5. The first-order valence-corrected chi connectivity index (χ1v) is 13.1. The number of methoxy groups -OCH3 is 4. The number of amides is 1. The maximum atomic E-state index is 12.7. The molecule has 12 heteroatoms. The predicted molar refractivity (Wildman–Crippen MR) is 147 cm³/mol. The Labute approximate surface area is 235 Å². The van der Waals surface area contributed by atoms with Crippen LogP contribution in [0.15, 0.2) is 64.3 Å². The fourth-order valence-corrected chi connectivity index (χ4v) is 4.69. The van der Waals surface area contributed by atoms with Gasteiger partial charge in [0.1, 0.15) is 17.7 Å². The van der Waals surface area contributed by atoms with Crippen LogP contribution in [-0.2, 0) is 16.1 Å². The number of nitrogens with one attached hydrogen (secondary N) is 1. The van der Waals surface area contributed by atoms with E-state index in [1.807, 2.05) is 36.4 Å². The summed E-state index contributed by atoms with van der Waals surface area (Å²) < 4.78 is 28.2. The van der Waals surface area contributed by atoms with Gasteiger partial charge in [-0.15, -0.1) is 0 Å². The lowest BCUT2D eigenvalue weighted by molar-refractivity contribution is -0.763. The number of aromatic nitrogens is 3. The summed E-state index contributed by atoms with van der Waals surface area (Å²) >= 11 is 1.14. The predicted octanol–water partition coefficient (Wildman–Crippen LogP) is 3.97. The Kier molecular flexibility index (Phi) is 9.56. The van der Waals surface area contributed by atoms with E-state index in [0.29, 0.717) is 57.8 Å². The number of carbonyl (C=O) groups excluding carboxylic acids is 1. The fraction of sp³-hybridized carbons (Fsp3) is 0.250. The third-order valence-electron chi connectivity index (χ3n) is 5.78. The Morgan fingerprint density at radius 3 is 2.40 bits per heavy atom. The van der Waals surface area contributed by atoms with E-state index in [-0.39, 0.29) is 17.5 Å². The second-order valence-corrected chi connectivity index (χ2v) is 9.25. The van der Waals surface area contributed by atoms with Crippen LogP contribution in [0.2, 0.25) is 0 Å². The summed E-state index contributed by atoms with van der Waals surface area (Å²) in [6.07, 6.45) is 1.57. The van der Waals surface area contributed by atoms with Crippen LogP contribution in [0.3, 0.4) is 0 Å². The molecular formula is C28H28N5O6S+. The monoisotopic (exact) mass is 562 g/mol. The standard InChI is InChI=1S/C28H27N5O6S/c1-35-11-10-33-16-26(39-32-33)31-25(34)17-40-28-21(15-29)20(14-22(30-28)18-8-6-5-7-9-18)19-12-23(36-2)27(38-4)24(13-19)37-3/h5-9,12-14,16H,10-11,17H2,1-4H3/p+1. The lowest BCUT2D eigenvalue weighted by Gasteiger charge is -2.16. The van der Waals surface area contributed by atoms with Gasteiger partial charge in [-0.05, 0) is 28.4 Å². The van der Waals surface area contributed by atoms with Crippen molar-refractivity contribution in [3.63, 3.8) is 0 Å². The SMILES string of the molecule is COCC[n+]1cc(NC(=O)CSc2nc(-c3ccccc3)cc(-c3cc(OC)c(OC)c(OC)c3)c2C#N)on1. The van der Waals surface area contributed by atoms with Gasteiger partial charge in [0.05, 0.1) is 38.3 Å². The Bertz CT molecular complexity index is 1490. The summed E-state index contributed by atoms with van der Waals surface area (Å²) in [4.78, 5) is 17.5. The highest BCUT2D eigenvalue weighted by molar-refractivity contribution is 8.00. The summed E-state index contributed by atoms with van der Waals surface area (Å²) in [7, 11) is 6.17. The molecule has 2 aromatic heterocycles. The van der Waals surface area contributed by atoms with Crippen molar-refractivity contribution in [3.8, 4) is 45.7 Å². The summed E-state index contributed by atoms with van der Waals surface area (Å²) in [6, 6.07) is 17.2. The quantitative estimate of drug-likeness (QED) is 0.200. The molecule has 0 aliphatic carbocycles. The van der Waals surface area contributed by atoms with Crippen LogP contribution in [0.4, 0.5) is 5.88 Å². The first kappa shape index (κ1) is 28.4. The maximum Gasteiger partial charge on any atom is 0.302 e. The van der Waals surface area contributed by atoms with Gasteiger partial charge < -0.3 is 18.9 Å². The number of ether oxygens (including phenoxy) is 4. The zero-order valence-electron chi connectivity index (χ0n) is 22.5. The Morgan fingerprint density at radius 2 is 1.77 bits per heavy atom. The van der Waals surface area contributed by atoms with E-state index in [1.54, 1.807) is 25.4 Å². The van der Waals surface area contributed by atoms with Crippen LogP contribution >= 0.6 is 11.8 Å². The number of carbonyl (C=O) groups is 1. The van der Waals surface area contributed by atoms with Crippen LogP contribution in [0.25, 0.3) is 22.4 Å². The Hall–Kier alpha value is -4.60. The number of thioether (sulfide) groups is 1. The number of hydrogen-bond acceptors (Lipinski definition) is 10. The Morgan fingerprint density at radius 1 is 1.05 bits per heavy atom. The topological polar surface area (TPSA) is 133 Å². The third-order valence-corrected chi connectivity index (χ3v) is 6.76. The minimum absolute atomic E-state index is 0.0204. The molecule has 0 saturated heterocycles. The van der Waals surface area contributed by atoms with E-state index in [9.17, 15) is 10.1 Å². The van der Waals surface area contributed by atoms with Gasteiger partial charge in [0.25, 0.3) is 6.20 Å². The van der Waals surface area contributed by atoms with Crippen molar-refractivity contribution in [3.05, 3.63) is 60.3 Å². The smallest absolute Gasteiger partial charge is 0.302 e. The van der Waals surface area contributed by atoms with Crippen LogP contribution in [0, 0.1) is 11.3 Å². The number of nitrogens with zero attached hydrogens (tertiary/aromatic N) is 4. The highest BCUT2D eigenvalue weighted by Crippen LogP contribution is 2.43. The van der Waals surface area contributed by atoms with Crippen molar-refractivity contribution >= 4 is 23.6 Å². The fourth-order valence-electron chi connectivity index (χ4n) is 3.89. The molecule has 11 nitrogen and oxygen atoms in total. The second-order valence-electron chi connectivity index (χ2n) is 8.29. The van der Waals surface area contributed by atoms with Crippen LogP contribution in [0.1, 0.15) is 5.56 Å². The highest BCUT2D eigenvalue weighted by atomic mass is 32.2. The minimum Gasteiger partial charge on any atom is -0.493 e. The Balaban J connectivity index is 1.70. The molecule has 206 valence electrons. The van der Waals surface area contributed by atoms with E-state index in [2.05, 4.69) is 16.7 Å². The van der Waals surface area contributed by atoms with E-state index in [1.165, 1.54) is 26.0 Å². The van der Waals surface area contributed by atoms with Gasteiger partial charge in [0.2, 0.25) is 23.5 Å². The van der Waals surface area contributed by atoms with Crippen LogP contribution < -0.4 is 24.2 Å². The van der Waals surface area contributed by atoms with Crippen molar-refractivity contribution in [2.75, 3.05) is 46.1 Å². The molecule has 2 aromatic carbocycles. The molecule has 1 N–H and O–H groups in total. The average Bonchev–Trinajstić information content (AvgIpc) is 3.44. The number of pyridine rings is 1. The number of benzene rings is 2. The average molecular weight is 563 g/mol. The molecule has 0 radical (unpaired) electrons. The molecule has 0 spiro atoms. The molecule has 1 amide bonds. The van der Waals surface area contributed by atoms with Crippen molar-refractivity contribution in [2.45, 2.75) is 11.6 Å². The zero-order valence-corrected chi connectivity index (χ0v) is 23.3. The number of rotatable bonds is 12. The van der Waals surface area contributed by atoms with Gasteiger partial charge in [0.15, 0.2) is 11.5 Å². The summed E-state index contributed by atoms with van der Waals surface area (Å²) in [5.74, 6) is 1.17. The minimum atomic E-state index is -0.342. The van der Waals surface area contributed by atoms with E-state index in [4.69, 9.17) is 28.5 Å². The maximum absolute atomic E-state index is 12.7. The third kappa shape index (κ3) is 6.51. The van der Waals surface area contributed by atoms with Gasteiger partial charge in [-0.1, -0.05) is 42.1 Å². The number of nitriles is 1. The molecule has 0 atom stereocenters. The summed E-state index contributed by atoms with van der Waals surface area (Å²) in [5, 5.41) is 17.1. The summed E-state index contributed by atoms with van der Waals surface area (Å²) in [6.45, 7) is 0.936. The molecule has 40 heavy (non-hydrogen) atoms. The lowest BCUT2D eigenvalue weighted by Crippen LogP contribution is -2.36.